The summed E-state index contributed by atoms with van der Waals surface area (Å²) in [6.07, 6.45) is 3.45. The first-order chi connectivity index (χ1) is 9.90. The van der Waals surface area contributed by atoms with Crippen molar-refractivity contribution in [2.24, 2.45) is 4.99 Å². The van der Waals surface area contributed by atoms with E-state index in [0.29, 0.717) is 12.5 Å². The van der Waals surface area contributed by atoms with Crippen molar-refractivity contribution in [2.75, 3.05) is 6.61 Å². The van der Waals surface area contributed by atoms with Gasteiger partial charge in [0.05, 0.1) is 12.3 Å². The van der Waals surface area contributed by atoms with E-state index < -0.39 is 0 Å². The quantitative estimate of drug-likeness (QED) is 0.411. The van der Waals surface area contributed by atoms with Crippen LogP contribution in [-0.2, 0) is 4.74 Å². The zero-order chi connectivity index (χ0) is 14.0. The van der Waals surface area contributed by atoms with Crippen LogP contribution in [0.5, 0.6) is 0 Å². The number of hydrogen-bond acceptors (Lipinski definition) is 2. The molecule has 2 aromatic carbocycles. The Hall–Kier alpha value is -2.09. The fourth-order valence-corrected chi connectivity index (χ4v) is 1.90. The Bertz CT molecular complexity index is 520. The van der Waals surface area contributed by atoms with Gasteiger partial charge in [0, 0.05) is 5.56 Å². The Morgan fingerprint density at radius 3 is 2.20 bits per heavy atom. The highest BCUT2D eigenvalue weighted by Gasteiger charge is 2.04. The van der Waals surface area contributed by atoms with Gasteiger partial charge in [-0.15, -0.1) is 0 Å². The molecule has 0 aliphatic rings. The summed E-state index contributed by atoms with van der Waals surface area (Å²) in [5, 5.41) is 0. The van der Waals surface area contributed by atoms with E-state index in [1.165, 1.54) is 12.8 Å². The Balaban J connectivity index is 2.14. The fourth-order valence-electron chi connectivity index (χ4n) is 1.90. The molecule has 2 rings (SSSR count). The molecule has 0 aliphatic carbocycles. The van der Waals surface area contributed by atoms with Crippen molar-refractivity contribution >= 4 is 11.6 Å². The smallest absolute Gasteiger partial charge is 0.221 e. The van der Waals surface area contributed by atoms with E-state index >= 15 is 0 Å². The molecule has 0 spiro atoms. The van der Waals surface area contributed by atoms with Crippen molar-refractivity contribution in [3.63, 3.8) is 0 Å². The summed E-state index contributed by atoms with van der Waals surface area (Å²) in [5.74, 6) is 0.702. The third-order valence-corrected chi connectivity index (χ3v) is 2.99. The number of hydrogen-bond donors (Lipinski definition) is 0. The molecule has 2 heteroatoms. The topological polar surface area (TPSA) is 21.6 Å². The molecule has 0 saturated heterocycles. The summed E-state index contributed by atoms with van der Waals surface area (Å²) in [6, 6.07) is 20.0. The number of nitrogens with zero attached hydrogens (tertiary/aromatic N) is 1. The standard InChI is InChI=1S/C18H21NO/c1-2-3-10-15-20-18(16-11-6-4-7-12-16)19-17-13-8-5-9-14-17/h4-9,11-14H,2-3,10,15H2,1H3. The maximum atomic E-state index is 5.88. The van der Waals surface area contributed by atoms with Gasteiger partial charge >= 0.3 is 0 Å². The van der Waals surface area contributed by atoms with Crippen molar-refractivity contribution in [3.8, 4) is 0 Å². The molecular formula is C18H21NO. The van der Waals surface area contributed by atoms with Crippen molar-refractivity contribution in [1.82, 2.24) is 0 Å². The monoisotopic (exact) mass is 267 g/mol. The summed E-state index contributed by atoms with van der Waals surface area (Å²) in [4.78, 5) is 4.62. The molecule has 2 aromatic rings. The van der Waals surface area contributed by atoms with Crippen LogP contribution in [-0.4, -0.2) is 12.5 Å². The third kappa shape index (κ3) is 4.54. The highest BCUT2D eigenvalue weighted by molar-refractivity contribution is 5.95. The first-order valence-corrected chi connectivity index (χ1v) is 7.22. The predicted molar refractivity (Wildman–Crippen MR) is 84.6 cm³/mol. The Kier molecular flexibility index (Phi) is 5.84. The molecule has 104 valence electrons. The Morgan fingerprint density at radius 2 is 1.55 bits per heavy atom. The lowest BCUT2D eigenvalue weighted by Crippen LogP contribution is -2.07. The molecule has 2 nitrogen and oxygen atoms in total. The number of para-hydroxylation sites is 1. The summed E-state index contributed by atoms with van der Waals surface area (Å²) >= 11 is 0. The second kappa shape index (κ2) is 8.16. The average Bonchev–Trinajstić information content (AvgIpc) is 2.52. The lowest BCUT2D eigenvalue weighted by Gasteiger charge is -2.09. The van der Waals surface area contributed by atoms with E-state index in [2.05, 4.69) is 11.9 Å². The number of benzene rings is 2. The van der Waals surface area contributed by atoms with E-state index in [0.717, 1.165) is 17.7 Å². The number of aliphatic imine (C=N–C) groups is 1. The molecule has 0 heterocycles. The van der Waals surface area contributed by atoms with Gasteiger partial charge in [-0.2, -0.15) is 0 Å². The van der Waals surface area contributed by atoms with E-state index in [-0.39, 0.29) is 0 Å². The summed E-state index contributed by atoms with van der Waals surface area (Å²) < 4.78 is 5.88. The maximum Gasteiger partial charge on any atom is 0.221 e. The molecule has 0 aliphatic heterocycles. The van der Waals surface area contributed by atoms with Gasteiger partial charge in [-0.1, -0.05) is 56.2 Å². The molecule has 0 amide bonds. The minimum absolute atomic E-state index is 0.702. The summed E-state index contributed by atoms with van der Waals surface area (Å²) in [6.45, 7) is 2.91. The van der Waals surface area contributed by atoms with Gasteiger partial charge in [-0.05, 0) is 30.7 Å². The molecule has 0 saturated carbocycles. The van der Waals surface area contributed by atoms with Crippen LogP contribution in [0, 0.1) is 0 Å². The molecule has 0 fully saturated rings. The molecule has 0 bridgehead atoms. The second-order valence-electron chi connectivity index (χ2n) is 4.67. The van der Waals surface area contributed by atoms with E-state index in [4.69, 9.17) is 4.74 Å². The lowest BCUT2D eigenvalue weighted by molar-refractivity contribution is 0.295. The molecule has 0 N–H and O–H groups in total. The minimum atomic E-state index is 0.702. The van der Waals surface area contributed by atoms with E-state index in [9.17, 15) is 0 Å². The lowest BCUT2D eigenvalue weighted by atomic mass is 10.2. The highest BCUT2D eigenvalue weighted by Crippen LogP contribution is 2.14. The number of unbranched alkanes of at least 4 members (excludes halogenated alkanes) is 2. The maximum absolute atomic E-state index is 5.88. The van der Waals surface area contributed by atoms with Gasteiger partial charge in [0.25, 0.3) is 0 Å². The Morgan fingerprint density at radius 1 is 0.900 bits per heavy atom. The minimum Gasteiger partial charge on any atom is -0.477 e. The number of rotatable bonds is 6. The van der Waals surface area contributed by atoms with Crippen LogP contribution < -0.4 is 0 Å². The van der Waals surface area contributed by atoms with Gasteiger partial charge in [-0.25, -0.2) is 4.99 Å². The molecule has 0 unspecified atom stereocenters. The van der Waals surface area contributed by atoms with Crippen molar-refractivity contribution in [3.05, 3.63) is 66.2 Å². The third-order valence-electron chi connectivity index (χ3n) is 2.99. The second-order valence-corrected chi connectivity index (χ2v) is 4.67. The van der Waals surface area contributed by atoms with Gasteiger partial charge in [-0.3, -0.25) is 0 Å². The average molecular weight is 267 g/mol. The van der Waals surface area contributed by atoms with Crippen LogP contribution in [0.3, 0.4) is 0 Å². The van der Waals surface area contributed by atoms with Gasteiger partial charge in [0.15, 0.2) is 0 Å². The molecule has 0 aromatic heterocycles. The summed E-state index contributed by atoms with van der Waals surface area (Å²) in [7, 11) is 0. The largest absolute Gasteiger partial charge is 0.477 e. The van der Waals surface area contributed by atoms with Crippen molar-refractivity contribution in [2.45, 2.75) is 26.2 Å². The van der Waals surface area contributed by atoms with Gasteiger partial charge in [0.2, 0.25) is 5.90 Å². The van der Waals surface area contributed by atoms with Gasteiger partial charge in [0.1, 0.15) is 0 Å². The Labute approximate surface area is 121 Å². The first-order valence-electron chi connectivity index (χ1n) is 7.22. The van der Waals surface area contributed by atoms with Crippen LogP contribution >= 0.6 is 0 Å². The predicted octanol–water partition coefficient (Wildman–Crippen LogP) is 4.97. The van der Waals surface area contributed by atoms with Crippen LogP contribution in [0.15, 0.2) is 65.7 Å². The van der Waals surface area contributed by atoms with Gasteiger partial charge < -0.3 is 4.74 Å². The fraction of sp³-hybridized carbons (Fsp3) is 0.278. The van der Waals surface area contributed by atoms with E-state index in [1.807, 2.05) is 60.7 Å². The van der Waals surface area contributed by atoms with Crippen LogP contribution in [0.4, 0.5) is 5.69 Å². The first kappa shape index (κ1) is 14.3. The molecule has 0 atom stereocenters. The molecule has 20 heavy (non-hydrogen) atoms. The summed E-state index contributed by atoms with van der Waals surface area (Å²) in [5.41, 5.74) is 1.94. The molecular weight excluding hydrogens is 246 g/mol. The van der Waals surface area contributed by atoms with Crippen molar-refractivity contribution < 1.29 is 4.74 Å². The normalized spacial score (nSPS) is 11.3. The zero-order valence-corrected chi connectivity index (χ0v) is 12.0. The van der Waals surface area contributed by atoms with Crippen molar-refractivity contribution in [1.29, 1.82) is 0 Å². The highest BCUT2D eigenvalue weighted by atomic mass is 16.5. The number of ether oxygens (including phenoxy) is 1. The van der Waals surface area contributed by atoms with E-state index in [1.54, 1.807) is 0 Å². The van der Waals surface area contributed by atoms with Crippen LogP contribution in [0.2, 0.25) is 0 Å². The zero-order valence-electron chi connectivity index (χ0n) is 12.0. The van der Waals surface area contributed by atoms with Crippen LogP contribution in [0.25, 0.3) is 0 Å². The SMILES string of the molecule is CCCCCOC(=Nc1ccccc1)c1ccccc1. The molecule has 0 radical (unpaired) electrons. The van der Waals surface area contributed by atoms with Crippen LogP contribution in [0.1, 0.15) is 31.7 Å².